The molecule has 2 aromatic heterocycles. The number of rotatable bonds is 5. The first-order valence-corrected chi connectivity index (χ1v) is 8.46. The van der Waals surface area contributed by atoms with Gasteiger partial charge in [0, 0.05) is 16.4 Å². The van der Waals surface area contributed by atoms with Crippen LogP contribution >= 0.6 is 15.9 Å². The van der Waals surface area contributed by atoms with E-state index in [1.165, 1.54) is 0 Å². The van der Waals surface area contributed by atoms with E-state index >= 15 is 0 Å². The fourth-order valence-electron chi connectivity index (χ4n) is 2.19. The predicted octanol–water partition coefficient (Wildman–Crippen LogP) is 3.81. The first-order valence-electron chi connectivity index (χ1n) is 7.67. The molecule has 6 nitrogen and oxygen atoms in total. The molecule has 3 aromatic rings. The number of nitrogens with one attached hydrogen (secondary N) is 2. The minimum Gasteiger partial charge on any atom is -0.363 e. The fraction of sp³-hybridized carbons (Fsp3) is 0.111. The number of hydrogen-bond donors (Lipinski definition) is 2. The van der Waals surface area contributed by atoms with Crippen LogP contribution in [0.2, 0.25) is 0 Å². The number of halogens is 1. The maximum Gasteiger partial charge on any atom is 0.276 e. The van der Waals surface area contributed by atoms with Gasteiger partial charge in [0.25, 0.3) is 5.91 Å². The van der Waals surface area contributed by atoms with Gasteiger partial charge in [-0.15, -0.1) is 10.2 Å². The zero-order chi connectivity index (χ0) is 17.6. The Labute approximate surface area is 153 Å². The Bertz CT molecular complexity index is 868. The molecule has 7 heteroatoms. The van der Waals surface area contributed by atoms with Gasteiger partial charge in [-0.1, -0.05) is 22.0 Å². The van der Waals surface area contributed by atoms with Gasteiger partial charge in [0.2, 0.25) is 0 Å². The monoisotopic (exact) mass is 397 g/mol. The van der Waals surface area contributed by atoms with E-state index in [0.29, 0.717) is 12.4 Å². The number of nitrogens with zero attached hydrogens (tertiary/aromatic N) is 3. The molecule has 0 aliphatic heterocycles. The van der Waals surface area contributed by atoms with Gasteiger partial charge in [0.1, 0.15) is 5.82 Å². The molecule has 126 valence electrons. The first-order chi connectivity index (χ1) is 12.1. The van der Waals surface area contributed by atoms with Crippen LogP contribution in [0.25, 0.3) is 0 Å². The Morgan fingerprint density at radius 2 is 2.00 bits per heavy atom. The van der Waals surface area contributed by atoms with Crippen molar-refractivity contribution < 1.29 is 4.79 Å². The summed E-state index contributed by atoms with van der Waals surface area (Å²) < 4.78 is 0.964. The van der Waals surface area contributed by atoms with E-state index in [-0.39, 0.29) is 11.6 Å². The van der Waals surface area contributed by atoms with Crippen molar-refractivity contribution in [2.24, 2.45) is 0 Å². The molecular formula is C18H16BrN5O. The molecule has 1 amide bonds. The van der Waals surface area contributed by atoms with Crippen molar-refractivity contribution in [2.75, 3.05) is 10.6 Å². The third-order valence-electron chi connectivity index (χ3n) is 3.51. The summed E-state index contributed by atoms with van der Waals surface area (Å²) in [6, 6.07) is 14.7. The maximum absolute atomic E-state index is 12.3. The molecule has 0 atom stereocenters. The van der Waals surface area contributed by atoms with Gasteiger partial charge in [-0.05, 0) is 55.0 Å². The minimum atomic E-state index is -0.297. The van der Waals surface area contributed by atoms with Crippen LogP contribution < -0.4 is 10.6 Å². The van der Waals surface area contributed by atoms with E-state index in [2.05, 4.69) is 41.7 Å². The lowest BCUT2D eigenvalue weighted by molar-refractivity contribution is 0.102. The molecule has 0 aliphatic rings. The lowest BCUT2D eigenvalue weighted by Crippen LogP contribution is -2.15. The Morgan fingerprint density at radius 1 is 1.12 bits per heavy atom. The summed E-state index contributed by atoms with van der Waals surface area (Å²) in [6.45, 7) is 2.47. The van der Waals surface area contributed by atoms with Crippen LogP contribution in [0.5, 0.6) is 0 Å². The van der Waals surface area contributed by atoms with E-state index in [0.717, 1.165) is 21.4 Å². The third-order valence-corrected chi connectivity index (χ3v) is 4.00. The minimum absolute atomic E-state index is 0.255. The summed E-state index contributed by atoms with van der Waals surface area (Å²) in [6.07, 6.45) is 1.74. The molecule has 2 heterocycles. The van der Waals surface area contributed by atoms with Crippen LogP contribution in [0.3, 0.4) is 0 Å². The van der Waals surface area contributed by atoms with E-state index in [1.54, 1.807) is 18.3 Å². The second kappa shape index (κ2) is 7.85. The van der Waals surface area contributed by atoms with Gasteiger partial charge >= 0.3 is 0 Å². The van der Waals surface area contributed by atoms with Crippen LogP contribution in [0, 0.1) is 6.92 Å². The molecule has 0 saturated carbocycles. The first kappa shape index (κ1) is 17.0. The summed E-state index contributed by atoms with van der Waals surface area (Å²) >= 11 is 3.40. The van der Waals surface area contributed by atoms with Crippen molar-refractivity contribution in [1.29, 1.82) is 0 Å². The molecule has 0 fully saturated rings. The zero-order valence-electron chi connectivity index (χ0n) is 13.5. The van der Waals surface area contributed by atoms with Crippen molar-refractivity contribution in [1.82, 2.24) is 15.2 Å². The molecule has 3 rings (SSSR count). The Balaban J connectivity index is 1.62. The summed E-state index contributed by atoms with van der Waals surface area (Å²) in [7, 11) is 0. The fourth-order valence-corrected chi connectivity index (χ4v) is 2.66. The van der Waals surface area contributed by atoms with Crippen molar-refractivity contribution in [3.05, 3.63) is 76.2 Å². The number of benzene rings is 1. The van der Waals surface area contributed by atoms with Gasteiger partial charge in [0.05, 0.1) is 12.2 Å². The number of carbonyl (C=O) groups excluding carboxylic acids is 1. The number of amides is 1. The summed E-state index contributed by atoms with van der Waals surface area (Å²) in [5.41, 5.74) is 2.86. The second-order valence-corrected chi connectivity index (χ2v) is 6.31. The molecule has 0 saturated heterocycles. The van der Waals surface area contributed by atoms with Crippen LogP contribution in [0.15, 0.2) is 59.2 Å². The van der Waals surface area contributed by atoms with Gasteiger partial charge < -0.3 is 10.6 Å². The smallest absolute Gasteiger partial charge is 0.276 e. The Kier molecular flexibility index (Phi) is 5.35. The quantitative estimate of drug-likeness (QED) is 0.684. The van der Waals surface area contributed by atoms with E-state index in [9.17, 15) is 4.79 Å². The SMILES string of the molecule is Cc1cc(Br)ccc1NC(=O)c1ccc(NCc2ccccn2)nn1. The number of pyridine rings is 1. The Hall–Kier alpha value is -2.80. The molecule has 1 aromatic carbocycles. The number of hydrogen-bond acceptors (Lipinski definition) is 5. The number of aryl methyl sites for hydroxylation is 1. The summed E-state index contributed by atoms with van der Waals surface area (Å²) in [5.74, 6) is 0.288. The van der Waals surface area contributed by atoms with E-state index < -0.39 is 0 Å². The van der Waals surface area contributed by atoms with Crippen molar-refractivity contribution >= 4 is 33.3 Å². The highest BCUT2D eigenvalue weighted by molar-refractivity contribution is 9.10. The standard InChI is InChI=1S/C18H16BrN5O/c1-12-10-13(19)5-6-15(12)22-18(25)16-7-8-17(24-23-16)21-11-14-4-2-3-9-20-14/h2-10H,11H2,1H3,(H,21,24)(H,22,25). The lowest BCUT2D eigenvalue weighted by atomic mass is 10.2. The highest BCUT2D eigenvalue weighted by Gasteiger charge is 2.10. The summed E-state index contributed by atoms with van der Waals surface area (Å²) in [5, 5.41) is 14.0. The molecule has 0 spiro atoms. The van der Waals surface area contributed by atoms with Crippen molar-refractivity contribution in [3.8, 4) is 0 Å². The molecule has 25 heavy (non-hydrogen) atoms. The lowest BCUT2D eigenvalue weighted by Gasteiger charge is -2.09. The molecular weight excluding hydrogens is 382 g/mol. The largest absolute Gasteiger partial charge is 0.363 e. The number of carbonyl (C=O) groups is 1. The predicted molar refractivity (Wildman–Crippen MR) is 100 cm³/mol. The van der Waals surface area contributed by atoms with Gasteiger partial charge in [-0.3, -0.25) is 9.78 Å². The highest BCUT2D eigenvalue weighted by atomic mass is 79.9. The van der Waals surface area contributed by atoms with Gasteiger partial charge in [-0.25, -0.2) is 0 Å². The van der Waals surface area contributed by atoms with Gasteiger partial charge in [-0.2, -0.15) is 0 Å². The average molecular weight is 398 g/mol. The number of anilines is 2. The van der Waals surface area contributed by atoms with Crippen LogP contribution in [0.4, 0.5) is 11.5 Å². The van der Waals surface area contributed by atoms with Crippen molar-refractivity contribution in [2.45, 2.75) is 13.5 Å². The van der Waals surface area contributed by atoms with E-state index in [1.807, 2.05) is 43.3 Å². The second-order valence-electron chi connectivity index (χ2n) is 5.39. The number of aromatic nitrogens is 3. The van der Waals surface area contributed by atoms with Crippen molar-refractivity contribution in [3.63, 3.8) is 0 Å². The zero-order valence-corrected chi connectivity index (χ0v) is 15.1. The normalized spacial score (nSPS) is 10.3. The highest BCUT2D eigenvalue weighted by Crippen LogP contribution is 2.20. The Morgan fingerprint density at radius 3 is 2.68 bits per heavy atom. The van der Waals surface area contributed by atoms with E-state index in [4.69, 9.17) is 0 Å². The molecule has 2 N–H and O–H groups in total. The molecule has 0 unspecified atom stereocenters. The average Bonchev–Trinajstić information content (AvgIpc) is 2.63. The molecule has 0 bridgehead atoms. The van der Waals surface area contributed by atoms with Crippen LogP contribution in [0.1, 0.15) is 21.7 Å². The maximum atomic E-state index is 12.3. The van der Waals surface area contributed by atoms with Crippen LogP contribution in [-0.4, -0.2) is 21.1 Å². The summed E-state index contributed by atoms with van der Waals surface area (Å²) in [4.78, 5) is 16.5. The molecule has 0 aliphatic carbocycles. The van der Waals surface area contributed by atoms with Crippen LogP contribution in [-0.2, 0) is 6.54 Å². The third kappa shape index (κ3) is 4.60. The molecule has 0 radical (unpaired) electrons. The van der Waals surface area contributed by atoms with Gasteiger partial charge in [0.15, 0.2) is 5.69 Å². The topological polar surface area (TPSA) is 79.8 Å².